The third-order valence-electron chi connectivity index (χ3n) is 2.02. The molecule has 0 bridgehead atoms. The number of rotatable bonds is 1. The smallest absolute Gasteiger partial charge is 0.258 e. The number of aromatic nitrogens is 1. The Hall–Kier alpha value is -1.27. The topological polar surface area (TPSA) is 56.0 Å². The molecule has 0 aliphatic rings. The van der Waals surface area contributed by atoms with Gasteiger partial charge in [-0.25, -0.2) is 9.37 Å². The molecule has 0 saturated carbocycles. The number of nitro groups is 1. The van der Waals surface area contributed by atoms with Crippen LogP contribution in [-0.4, -0.2) is 9.91 Å². The fraction of sp³-hybridized carbons (Fsp3) is 0. The number of halogens is 3. The first-order valence-electron chi connectivity index (χ1n) is 4.08. The summed E-state index contributed by atoms with van der Waals surface area (Å²) in [5.74, 6) is -0.557. The molecule has 0 radical (unpaired) electrons. The second-order valence-corrected chi connectivity index (χ2v) is 4.17. The van der Waals surface area contributed by atoms with Crippen LogP contribution in [0.1, 0.15) is 0 Å². The Labute approximate surface area is 102 Å². The van der Waals surface area contributed by atoms with E-state index in [9.17, 15) is 14.5 Å². The van der Waals surface area contributed by atoms with E-state index in [0.29, 0.717) is 5.39 Å². The minimum absolute atomic E-state index is 0.0731. The average Bonchev–Trinajstić information content (AvgIpc) is 2.25. The maximum atomic E-state index is 13.3. The zero-order valence-electron chi connectivity index (χ0n) is 7.58. The molecule has 1 aromatic heterocycles. The van der Waals surface area contributed by atoms with Crippen LogP contribution in [0.15, 0.2) is 22.8 Å². The van der Waals surface area contributed by atoms with Gasteiger partial charge in [-0.1, -0.05) is 11.6 Å². The Kier molecular flexibility index (Phi) is 2.77. The van der Waals surface area contributed by atoms with Crippen molar-refractivity contribution in [2.75, 3.05) is 0 Å². The molecule has 1 aromatic carbocycles. The van der Waals surface area contributed by atoms with Crippen molar-refractivity contribution in [1.82, 2.24) is 4.98 Å². The van der Waals surface area contributed by atoms with E-state index < -0.39 is 10.7 Å². The van der Waals surface area contributed by atoms with E-state index in [1.807, 2.05) is 0 Å². The molecule has 16 heavy (non-hydrogen) atoms. The molecule has 2 rings (SSSR count). The molecular formula is C9H3BrClFN2O2. The number of hydrogen-bond donors (Lipinski definition) is 0. The third-order valence-corrected chi connectivity index (χ3v) is 3.41. The lowest BCUT2D eigenvalue weighted by Gasteiger charge is -2.03. The van der Waals surface area contributed by atoms with Gasteiger partial charge >= 0.3 is 0 Å². The Morgan fingerprint density at radius 3 is 2.81 bits per heavy atom. The van der Waals surface area contributed by atoms with Gasteiger partial charge in [0.2, 0.25) is 0 Å². The molecule has 82 valence electrons. The molecule has 0 unspecified atom stereocenters. The summed E-state index contributed by atoms with van der Waals surface area (Å²) >= 11 is 8.82. The van der Waals surface area contributed by atoms with E-state index in [1.165, 1.54) is 6.07 Å². The van der Waals surface area contributed by atoms with Crippen LogP contribution in [-0.2, 0) is 0 Å². The van der Waals surface area contributed by atoms with E-state index in [4.69, 9.17) is 11.6 Å². The summed E-state index contributed by atoms with van der Waals surface area (Å²) in [7, 11) is 0. The van der Waals surface area contributed by atoms with Gasteiger partial charge in [0.1, 0.15) is 12.0 Å². The maximum absolute atomic E-state index is 13.3. The Balaban J connectivity index is 2.82. The van der Waals surface area contributed by atoms with Crippen LogP contribution in [0.4, 0.5) is 10.1 Å². The summed E-state index contributed by atoms with van der Waals surface area (Å²) in [4.78, 5) is 13.7. The molecule has 0 aliphatic heterocycles. The number of fused-ring (bicyclic) bond motifs is 1. The first-order chi connectivity index (χ1) is 7.50. The lowest BCUT2D eigenvalue weighted by atomic mass is 10.2. The second kappa shape index (κ2) is 3.95. The van der Waals surface area contributed by atoms with Crippen molar-refractivity contribution in [2.45, 2.75) is 0 Å². The zero-order chi connectivity index (χ0) is 11.9. The van der Waals surface area contributed by atoms with E-state index in [2.05, 4.69) is 20.9 Å². The van der Waals surface area contributed by atoms with Crippen LogP contribution in [0.2, 0.25) is 5.02 Å². The third kappa shape index (κ3) is 1.74. The Morgan fingerprint density at radius 2 is 2.19 bits per heavy atom. The molecule has 0 aliphatic carbocycles. The molecule has 0 atom stereocenters. The zero-order valence-corrected chi connectivity index (χ0v) is 9.92. The number of nitrogens with zero attached hydrogens (tertiary/aromatic N) is 2. The van der Waals surface area contributed by atoms with Crippen molar-refractivity contribution >= 4 is 44.1 Å². The highest BCUT2D eigenvalue weighted by Crippen LogP contribution is 2.34. The Morgan fingerprint density at radius 1 is 1.50 bits per heavy atom. The largest absolute Gasteiger partial charge is 0.288 e. The molecule has 2 aromatic rings. The monoisotopic (exact) mass is 304 g/mol. The summed E-state index contributed by atoms with van der Waals surface area (Å²) in [5, 5.41) is 11.0. The van der Waals surface area contributed by atoms with Gasteiger partial charge < -0.3 is 0 Å². The summed E-state index contributed by atoms with van der Waals surface area (Å²) in [6, 6.07) is 2.42. The van der Waals surface area contributed by atoms with Crippen LogP contribution in [0.5, 0.6) is 0 Å². The van der Waals surface area contributed by atoms with Crippen molar-refractivity contribution in [2.24, 2.45) is 0 Å². The molecule has 1 heterocycles. The van der Waals surface area contributed by atoms with E-state index in [-0.39, 0.29) is 20.7 Å². The van der Waals surface area contributed by atoms with Gasteiger partial charge in [-0.3, -0.25) is 10.1 Å². The molecule has 0 N–H and O–H groups in total. The minimum atomic E-state index is -0.583. The fourth-order valence-corrected chi connectivity index (χ4v) is 1.83. The molecule has 0 spiro atoms. The van der Waals surface area contributed by atoms with Gasteiger partial charge in [0.15, 0.2) is 0 Å². The molecule has 0 amide bonds. The van der Waals surface area contributed by atoms with Gasteiger partial charge in [-0.05, 0) is 15.9 Å². The van der Waals surface area contributed by atoms with Crippen molar-refractivity contribution in [3.8, 4) is 0 Å². The molecule has 7 heteroatoms. The second-order valence-electron chi connectivity index (χ2n) is 3.00. The number of pyridine rings is 1. The quantitative estimate of drug-likeness (QED) is 0.458. The van der Waals surface area contributed by atoms with Crippen LogP contribution in [0, 0.1) is 15.9 Å². The lowest BCUT2D eigenvalue weighted by Crippen LogP contribution is -1.91. The first kappa shape index (κ1) is 11.2. The molecule has 0 saturated heterocycles. The van der Waals surface area contributed by atoms with E-state index >= 15 is 0 Å². The van der Waals surface area contributed by atoms with Gasteiger partial charge in [-0.15, -0.1) is 0 Å². The van der Waals surface area contributed by atoms with Crippen molar-refractivity contribution in [1.29, 1.82) is 0 Å². The predicted octanol–water partition coefficient (Wildman–Crippen LogP) is 3.70. The van der Waals surface area contributed by atoms with E-state index in [0.717, 1.165) is 12.3 Å². The fourth-order valence-electron chi connectivity index (χ4n) is 1.26. The summed E-state index contributed by atoms with van der Waals surface area (Å²) in [6.07, 6.45) is 1.06. The van der Waals surface area contributed by atoms with Gasteiger partial charge in [0, 0.05) is 17.5 Å². The summed E-state index contributed by atoms with van der Waals surface area (Å²) in [5.41, 5.74) is 0.0872. The minimum Gasteiger partial charge on any atom is -0.258 e. The van der Waals surface area contributed by atoms with Crippen LogP contribution >= 0.6 is 27.5 Å². The standard InChI is InChI=1S/C9H3BrClFN2O2/c10-8-6(12)2-7-5(9(8)11)1-4(3-13-7)14(15)16/h1-3H. The van der Waals surface area contributed by atoms with Crippen LogP contribution in [0.25, 0.3) is 10.9 Å². The van der Waals surface area contributed by atoms with Crippen molar-refractivity contribution < 1.29 is 9.31 Å². The Bertz CT molecular complexity index is 606. The number of hydrogen-bond acceptors (Lipinski definition) is 3. The van der Waals surface area contributed by atoms with Crippen LogP contribution < -0.4 is 0 Å². The average molecular weight is 305 g/mol. The first-order valence-corrected chi connectivity index (χ1v) is 5.25. The number of benzene rings is 1. The molecular weight excluding hydrogens is 302 g/mol. The lowest BCUT2D eigenvalue weighted by molar-refractivity contribution is -0.385. The summed E-state index contributed by atoms with van der Waals surface area (Å²) < 4.78 is 13.3. The SMILES string of the molecule is O=[N+]([O-])c1cnc2cc(F)c(Br)c(Cl)c2c1. The highest BCUT2D eigenvalue weighted by Gasteiger charge is 2.14. The normalized spacial score (nSPS) is 10.7. The van der Waals surface area contributed by atoms with E-state index in [1.54, 1.807) is 0 Å². The highest BCUT2D eigenvalue weighted by molar-refractivity contribution is 9.10. The molecule has 0 fully saturated rings. The predicted molar refractivity (Wildman–Crippen MR) is 61.1 cm³/mol. The maximum Gasteiger partial charge on any atom is 0.288 e. The highest BCUT2D eigenvalue weighted by atomic mass is 79.9. The van der Waals surface area contributed by atoms with Gasteiger partial charge in [0.25, 0.3) is 5.69 Å². The van der Waals surface area contributed by atoms with Crippen molar-refractivity contribution in [3.63, 3.8) is 0 Å². The summed E-state index contributed by atoms with van der Waals surface area (Å²) in [6.45, 7) is 0. The molecule has 4 nitrogen and oxygen atoms in total. The van der Waals surface area contributed by atoms with Gasteiger partial charge in [0.05, 0.1) is 19.9 Å². The van der Waals surface area contributed by atoms with Crippen LogP contribution in [0.3, 0.4) is 0 Å². The van der Waals surface area contributed by atoms with Gasteiger partial charge in [-0.2, -0.15) is 0 Å². The van der Waals surface area contributed by atoms with Crippen molar-refractivity contribution in [3.05, 3.63) is 43.8 Å².